The lowest BCUT2D eigenvalue weighted by molar-refractivity contribution is 0.344. The lowest BCUT2D eigenvalue weighted by Crippen LogP contribution is -2.10. The molecule has 0 radical (unpaired) electrons. The van der Waals surface area contributed by atoms with E-state index >= 15 is 0 Å². The molecular weight excluding hydrogens is 258 g/mol. The molecule has 0 bridgehead atoms. The molecule has 0 spiro atoms. The first-order chi connectivity index (χ1) is 9.25. The van der Waals surface area contributed by atoms with Crippen LogP contribution in [0.1, 0.15) is 5.56 Å². The van der Waals surface area contributed by atoms with Crippen LogP contribution >= 0.6 is 0 Å². The highest BCUT2D eigenvalue weighted by Gasteiger charge is 2.03. The summed E-state index contributed by atoms with van der Waals surface area (Å²) >= 11 is 0. The van der Waals surface area contributed by atoms with Crippen LogP contribution in [0.25, 0.3) is 0 Å². The van der Waals surface area contributed by atoms with E-state index < -0.39 is 10.8 Å². The maximum absolute atomic E-state index is 11.9. The second kappa shape index (κ2) is 6.95. The number of nitrogen functional groups attached to an aromatic ring is 1. The van der Waals surface area contributed by atoms with E-state index in [-0.39, 0.29) is 0 Å². The van der Waals surface area contributed by atoms with Gasteiger partial charge in [0.25, 0.3) is 0 Å². The molecule has 0 heterocycles. The Kier molecular flexibility index (Phi) is 4.98. The summed E-state index contributed by atoms with van der Waals surface area (Å²) in [4.78, 5) is 0. The van der Waals surface area contributed by atoms with Crippen molar-refractivity contribution in [1.29, 1.82) is 0 Å². The highest BCUT2D eigenvalue weighted by atomic mass is 32.2. The summed E-state index contributed by atoms with van der Waals surface area (Å²) in [5.74, 6) is 1.72. The van der Waals surface area contributed by atoms with Crippen molar-refractivity contribution in [2.75, 3.05) is 18.1 Å². The predicted molar refractivity (Wildman–Crippen MR) is 79.5 cm³/mol. The van der Waals surface area contributed by atoms with Crippen molar-refractivity contribution in [2.45, 2.75) is 5.75 Å². The zero-order valence-electron chi connectivity index (χ0n) is 10.6. The Hall–Kier alpha value is -1.81. The van der Waals surface area contributed by atoms with Crippen LogP contribution in [-0.2, 0) is 16.6 Å². The molecule has 0 aliphatic heterocycles. The highest BCUT2D eigenvalue weighted by molar-refractivity contribution is 7.84. The van der Waals surface area contributed by atoms with E-state index in [9.17, 15) is 4.21 Å². The lowest BCUT2D eigenvalue weighted by atomic mass is 10.2. The van der Waals surface area contributed by atoms with Crippen LogP contribution < -0.4 is 10.5 Å². The van der Waals surface area contributed by atoms with E-state index in [1.54, 1.807) is 6.07 Å². The van der Waals surface area contributed by atoms with E-state index in [1.807, 2.05) is 48.5 Å². The van der Waals surface area contributed by atoms with Gasteiger partial charge in [0.05, 0.1) is 18.0 Å². The first-order valence-corrected chi connectivity index (χ1v) is 7.61. The first-order valence-electron chi connectivity index (χ1n) is 6.12. The average molecular weight is 275 g/mol. The van der Waals surface area contributed by atoms with Crippen molar-refractivity contribution in [2.24, 2.45) is 0 Å². The molecular formula is C15H17NO2S. The third-order valence-electron chi connectivity index (χ3n) is 2.66. The molecule has 1 unspecified atom stereocenters. The predicted octanol–water partition coefficient (Wildman–Crippen LogP) is 2.60. The largest absolute Gasteiger partial charge is 0.490 e. The van der Waals surface area contributed by atoms with E-state index in [4.69, 9.17) is 10.5 Å². The number of ether oxygens (including phenoxy) is 1. The fraction of sp³-hybridized carbons (Fsp3) is 0.200. The minimum atomic E-state index is -0.917. The number of anilines is 1. The van der Waals surface area contributed by atoms with Gasteiger partial charge in [-0.2, -0.15) is 0 Å². The molecule has 0 aromatic heterocycles. The number of rotatable bonds is 6. The van der Waals surface area contributed by atoms with Crippen LogP contribution in [0.5, 0.6) is 5.75 Å². The second-order valence-corrected chi connectivity index (χ2v) is 5.74. The van der Waals surface area contributed by atoms with Crippen LogP contribution in [0.15, 0.2) is 54.6 Å². The first kappa shape index (κ1) is 13.6. The van der Waals surface area contributed by atoms with Crippen molar-refractivity contribution in [3.05, 3.63) is 60.2 Å². The number of hydrogen-bond acceptors (Lipinski definition) is 3. The fourth-order valence-electron chi connectivity index (χ4n) is 1.69. The third-order valence-corrected chi connectivity index (χ3v) is 3.94. The Morgan fingerprint density at radius 2 is 1.68 bits per heavy atom. The maximum Gasteiger partial charge on any atom is 0.142 e. The van der Waals surface area contributed by atoms with Gasteiger partial charge in [-0.15, -0.1) is 0 Å². The summed E-state index contributed by atoms with van der Waals surface area (Å²) in [5, 5.41) is 0. The Morgan fingerprint density at radius 1 is 1.00 bits per heavy atom. The van der Waals surface area contributed by atoms with Crippen molar-refractivity contribution in [3.8, 4) is 5.75 Å². The summed E-state index contributed by atoms with van der Waals surface area (Å²) in [5.41, 5.74) is 7.45. The van der Waals surface area contributed by atoms with Crippen LogP contribution in [0.2, 0.25) is 0 Å². The molecule has 0 fully saturated rings. The molecule has 0 amide bonds. The van der Waals surface area contributed by atoms with Crippen molar-refractivity contribution in [3.63, 3.8) is 0 Å². The van der Waals surface area contributed by atoms with E-state index in [0.717, 1.165) is 5.56 Å². The van der Waals surface area contributed by atoms with Crippen LogP contribution in [0.4, 0.5) is 5.69 Å². The lowest BCUT2D eigenvalue weighted by Gasteiger charge is -2.08. The molecule has 2 rings (SSSR count). The summed E-state index contributed by atoms with van der Waals surface area (Å²) in [6, 6.07) is 17.1. The van der Waals surface area contributed by atoms with Gasteiger partial charge in [-0.3, -0.25) is 4.21 Å². The van der Waals surface area contributed by atoms with E-state index in [2.05, 4.69) is 0 Å². The summed E-state index contributed by atoms with van der Waals surface area (Å²) < 4.78 is 17.4. The molecule has 0 aliphatic rings. The fourth-order valence-corrected chi connectivity index (χ4v) is 2.67. The van der Waals surface area contributed by atoms with Gasteiger partial charge < -0.3 is 10.5 Å². The average Bonchev–Trinajstić information content (AvgIpc) is 2.42. The SMILES string of the molecule is Nc1ccccc1OCCS(=O)Cc1ccccc1. The number of para-hydroxylation sites is 2. The topological polar surface area (TPSA) is 52.3 Å². The Balaban J connectivity index is 1.77. The molecule has 4 heteroatoms. The number of hydrogen-bond donors (Lipinski definition) is 1. The Labute approximate surface area is 115 Å². The van der Waals surface area contributed by atoms with Gasteiger partial charge in [0, 0.05) is 16.6 Å². The summed E-state index contributed by atoms with van der Waals surface area (Å²) in [6.07, 6.45) is 0. The summed E-state index contributed by atoms with van der Waals surface area (Å²) in [7, 11) is -0.917. The second-order valence-electron chi connectivity index (χ2n) is 4.16. The van der Waals surface area contributed by atoms with Crippen LogP contribution in [-0.4, -0.2) is 16.6 Å². The van der Waals surface area contributed by atoms with Crippen LogP contribution in [0.3, 0.4) is 0 Å². The molecule has 100 valence electrons. The van der Waals surface area contributed by atoms with Gasteiger partial charge in [-0.25, -0.2) is 0 Å². The zero-order valence-corrected chi connectivity index (χ0v) is 11.4. The highest BCUT2D eigenvalue weighted by Crippen LogP contribution is 2.19. The standard InChI is InChI=1S/C15H17NO2S/c16-14-8-4-5-9-15(14)18-10-11-19(17)12-13-6-2-1-3-7-13/h1-9H,10-12,16H2. The van der Waals surface area contributed by atoms with Gasteiger partial charge in [-0.1, -0.05) is 42.5 Å². The van der Waals surface area contributed by atoms with Gasteiger partial charge in [0.2, 0.25) is 0 Å². The quantitative estimate of drug-likeness (QED) is 0.824. The van der Waals surface area contributed by atoms with E-state index in [0.29, 0.717) is 29.5 Å². The Bertz CT molecular complexity index is 543. The smallest absolute Gasteiger partial charge is 0.142 e. The molecule has 2 aromatic rings. The minimum Gasteiger partial charge on any atom is -0.490 e. The molecule has 2 aromatic carbocycles. The summed E-state index contributed by atoms with van der Waals surface area (Å²) in [6.45, 7) is 0.410. The molecule has 19 heavy (non-hydrogen) atoms. The normalized spacial score (nSPS) is 12.0. The van der Waals surface area contributed by atoms with Gasteiger partial charge in [0.1, 0.15) is 5.75 Å². The Morgan fingerprint density at radius 3 is 2.42 bits per heavy atom. The van der Waals surface area contributed by atoms with Gasteiger partial charge in [-0.05, 0) is 17.7 Å². The molecule has 3 nitrogen and oxygen atoms in total. The number of nitrogens with two attached hydrogens (primary N) is 1. The van der Waals surface area contributed by atoms with Crippen molar-refractivity contribution >= 4 is 16.5 Å². The van der Waals surface area contributed by atoms with Crippen molar-refractivity contribution in [1.82, 2.24) is 0 Å². The number of benzene rings is 2. The van der Waals surface area contributed by atoms with E-state index in [1.165, 1.54) is 0 Å². The monoisotopic (exact) mass is 275 g/mol. The molecule has 0 saturated carbocycles. The molecule has 0 saturated heterocycles. The van der Waals surface area contributed by atoms with Crippen molar-refractivity contribution < 1.29 is 8.95 Å². The molecule has 1 atom stereocenters. The van der Waals surface area contributed by atoms with Crippen LogP contribution in [0, 0.1) is 0 Å². The molecule has 0 aliphatic carbocycles. The third kappa shape index (κ3) is 4.41. The molecule has 2 N–H and O–H groups in total. The van der Waals surface area contributed by atoms with Gasteiger partial charge in [0.15, 0.2) is 0 Å². The van der Waals surface area contributed by atoms with Gasteiger partial charge >= 0.3 is 0 Å². The zero-order chi connectivity index (χ0) is 13.5. The maximum atomic E-state index is 11.9. The minimum absolute atomic E-state index is 0.410.